The minimum atomic E-state index is -0.235. The zero-order valence-electron chi connectivity index (χ0n) is 48.4. The van der Waals surface area contributed by atoms with Gasteiger partial charge in [-0.15, -0.1) is 11.3 Å². The van der Waals surface area contributed by atoms with Gasteiger partial charge in [-0.3, -0.25) is 0 Å². The van der Waals surface area contributed by atoms with E-state index < -0.39 is 0 Å². The van der Waals surface area contributed by atoms with E-state index >= 15 is 0 Å². The number of aryl methyl sites for hydroxylation is 1. The first-order valence-electron chi connectivity index (χ1n) is 30.2. The highest BCUT2D eigenvalue weighted by atomic mass is 32.1. The van der Waals surface area contributed by atoms with Crippen molar-refractivity contribution >= 4 is 111 Å². The van der Waals surface area contributed by atoms with Crippen molar-refractivity contribution in [2.75, 3.05) is 9.80 Å². The van der Waals surface area contributed by atoms with Crippen molar-refractivity contribution in [2.45, 2.75) is 52.4 Å². The van der Waals surface area contributed by atoms with Crippen LogP contribution in [0.2, 0.25) is 0 Å². The normalized spacial score (nSPS) is 12.8. The Morgan fingerprint density at radius 1 is 0.400 bits per heavy atom. The highest BCUT2D eigenvalue weighted by molar-refractivity contribution is 7.25. The first-order valence-corrected chi connectivity index (χ1v) is 31.0. The van der Waals surface area contributed by atoms with E-state index in [1.54, 1.807) is 0 Å². The summed E-state index contributed by atoms with van der Waals surface area (Å²) in [5.74, 6) is 0. The summed E-state index contributed by atoms with van der Waals surface area (Å²) >= 11 is 1.92. The average molecular weight is 1110 g/mol. The first-order chi connectivity index (χ1) is 41.8. The molecule has 0 spiro atoms. The Labute approximate surface area is 502 Å². The molecule has 2 aromatic heterocycles. The van der Waals surface area contributed by atoms with Crippen LogP contribution in [0.25, 0.3) is 92.2 Å². The number of hydrogen-bond acceptors (Lipinski definition) is 3. The number of hydrogen-bond donors (Lipinski definition) is 0. The van der Waals surface area contributed by atoms with Crippen molar-refractivity contribution in [3.05, 3.63) is 278 Å². The highest BCUT2D eigenvalue weighted by Crippen LogP contribution is 2.54. The Hall–Kier alpha value is -9.68. The van der Waals surface area contributed by atoms with E-state index in [-0.39, 0.29) is 12.1 Å². The van der Waals surface area contributed by atoms with Gasteiger partial charge in [0.1, 0.15) is 0 Å². The maximum Gasteiger partial charge on any atom is 0.252 e. The maximum absolute atomic E-state index is 2.72. The summed E-state index contributed by atoms with van der Waals surface area (Å²) in [6.07, 6.45) is 3.16. The van der Waals surface area contributed by atoms with Crippen LogP contribution in [0.15, 0.2) is 267 Å². The van der Waals surface area contributed by atoms with Crippen LogP contribution in [0.5, 0.6) is 0 Å². The van der Waals surface area contributed by atoms with Crippen molar-refractivity contribution in [1.29, 1.82) is 0 Å². The fourth-order valence-electron chi connectivity index (χ4n) is 14.1. The second-order valence-corrected chi connectivity index (χ2v) is 25.3. The summed E-state index contributed by atoms with van der Waals surface area (Å²) in [5.41, 5.74) is 26.5. The van der Waals surface area contributed by atoms with Gasteiger partial charge in [0, 0.05) is 76.2 Å². The lowest BCUT2D eigenvalue weighted by Crippen LogP contribution is -2.61. The van der Waals surface area contributed by atoms with Crippen LogP contribution in [-0.4, -0.2) is 11.3 Å². The molecule has 14 aromatic rings. The molecule has 0 fully saturated rings. The van der Waals surface area contributed by atoms with Gasteiger partial charge in [0.25, 0.3) is 6.71 Å². The van der Waals surface area contributed by atoms with Crippen LogP contribution < -0.4 is 26.2 Å². The van der Waals surface area contributed by atoms with Gasteiger partial charge in [0.2, 0.25) is 0 Å². The lowest BCUT2D eigenvalue weighted by molar-refractivity contribution is 0.590. The Kier molecular flexibility index (Phi) is 12.2. The molecule has 0 saturated heterocycles. The molecule has 0 amide bonds. The molecule has 12 aromatic carbocycles. The van der Waals surface area contributed by atoms with Crippen molar-refractivity contribution < 1.29 is 0 Å². The fraction of sp³-hybridized carbons (Fsp3) is 0.100. The number of benzene rings is 12. The Balaban J connectivity index is 1.08. The van der Waals surface area contributed by atoms with Crippen LogP contribution >= 0.6 is 11.3 Å². The molecule has 0 saturated carbocycles. The predicted octanol–water partition coefficient (Wildman–Crippen LogP) is 20.5. The lowest BCUT2D eigenvalue weighted by atomic mass is 9.33. The number of nitrogens with zero attached hydrogens (tertiary/aromatic N) is 3. The highest BCUT2D eigenvalue weighted by Gasteiger charge is 2.46. The van der Waals surface area contributed by atoms with Crippen LogP contribution in [0.3, 0.4) is 0 Å². The second kappa shape index (κ2) is 20.3. The van der Waals surface area contributed by atoms with Gasteiger partial charge in [-0.2, -0.15) is 0 Å². The number of rotatable bonds is 10. The average Bonchev–Trinajstić information content (AvgIpc) is 1.72. The van der Waals surface area contributed by atoms with Crippen molar-refractivity contribution in [1.82, 2.24) is 4.57 Å². The predicted molar refractivity (Wildman–Crippen MR) is 367 cm³/mol. The molecule has 4 heterocycles. The van der Waals surface area contributed by atoms with E-state index in [0.29, 0.717) is 0 Å². The number of fused-ring (bicyclic) bond motifs is 10. The molecular weight excluding hydrogens is 1050 g/mol. The molecule has 0 aliphatic carbocycles. The van der Waals surface area contributed by atoms with Crippen molar-refractivity contribution in [3.63, 3.8) is 0 Å². The fourth-order valence-corrected chi connectivity index (χ4v) is 15.2. The minimum absolute atomic E-state index is 0.138. The third-order valence-electron chi connectivity index (χ3n) is 18.1. The summed E-state index contributed by atoms with van der Waals surface area (Å²) < 4.78 is 5.17. The van der Waals surface area contributed by atoms with Gasteiger partial charge in [-0.1, -0.05) is 228 Å². The van der Waals surface area contributed by atoms with Crippen LogP contribution in [0.4, 0.5) is 34.1 Å². The molecule has 0 unspecified atom stereocenters. The van der Waals surface area contributed by atoms with Crippen LogP contribution in [-0.2, 0) is 11.8 Å². The van der Waals surface area contributed by atoms with Crippen LogP contribution in [0.1, 0.15) is 51.7 Å². The molecule has 406 valence electrons. The molecule has 0 radical (unpaired) electrons. The standard InChI is InChI=1S/C80H62BN3S/c1-5-6-33-62-70(44-45-76-77(62)63-36-21-24-39-75(63)85-76)83-71-43-40-56(52-25-11-7-12-26-52)48-67(71)81-66-42-41-59(82-68-37-22-19-34-60(68)61-35-20-23-38-69(61)82)51-72(66)84(74-50-58(80(2,3)4)49-73(83)78(74)81)79-64(54-29-15-9-16-30-54)46-57(53-27-13-8-14-28-53)47-65(79)55-31-17-10-18-32-55/h7-32,34-51H,5-6,33H2,1-4H3. The first kappa shape index (κ1) is 51.0. The summed E-state index contributed by atoms with van der Waals surface area (Å²) in [5, 5.41) is 5.22. The van der Waals surface area contributed by atoms with E-state index in [1.165, 1.54) is 126 Å². The summed E-state index contributed by atoms with van der Waals surface area (Å²) in [4.78, 5) is 5.42. The molecule has 0 atom stereocenters. The molecule has 3 nitrogen and oxygen atoms in total. The van der Waals surface area contributed by atoms with Gasteiger partial charge in [-0.05, 0) is 152 Å². The largest absolute Gasteiger partial charge is 0.311 e. The SMILES string of the molecule is CCCCc1c(N2c3ccc(-c4ccccc4)cc3B3c4ccc(-n5c6ccccc6c6ccccc65)cc4N(c4c(-c5ccccc5)cc(-c5ccccc5)cc4-c4ccccc4)c4cc(C(C)(C)C)cc2c43)ccc2sc3ccccc3c12. The molecule has 85 heavy (non-hydrogen) atoms. The smallest absolute Gasteiger partial charge is 0.252 e. The quantitative estimate of drug-likeness (QED) is 0.126. The zero-order valence-corrected chi connectivity index (χ0v) is 49.2. The van der Waals surface area contributed by atoms with Gasteiger partial charge in [0.05, 0.1) is 16.7 Å². The van der Waals surface area contributed by atoms with Crippen molar-refractivity contribution in [2.24, 2.45) is 0 Å². The number of anilines is 6. The van der Waals surface area contributed by atoms with E-state index in [0.717, 1.165) is 47.5 Å². The van der Waals surface area contributed by atoms with Gasteiger partial charge >= 0.3 is 0 Å². The zero-order chi connectivity index (χ0) is 56.9. The number of thiophene rings is 1. The van der Waals surface area contributed by atoms with Crippen molar-refractivity contribution in [3.8, 4) is 50.2 Å². The monoisotopic (exact) mass is 1110 g/mol. The minimum Gasteiger partial charge on any atom is -0.311 e. The third kappa shape index (κ3) is 8.31. The molecular formula is C80H62BN3S. The maximum atomic E-state index is 2.72. The summed E-state index contributed by atoms with van der Waals surface area (Å²) in [6, 6.07) is 101. The summed E-state index contributed by atoms with van der Waals surface area (Å²) in [6.45, 7) is 9.37. The summed E-state index contributed by atoms with van der Waals surface area (Å²) in [7, 11) is 0. The van der Waals surface area contributed by atoms with E-state index in [2.05, 4.69) is 309 Å². The molecule has 16 rings (SSSR count). The Morgan fingerprint density at radius 3 is 1.55 bits per heavy atom. The molecule has 5 heteroatoms. The van der Waals surface area contributed by atoms with E-state index in [9.17, 15) is 0 Å². The number of para-hydroxylation sites is 2. The molecule has 2 aliphatic heterocycles. The second-order valence-electron chi connectivity index (χ2n) is 24.2. The Morgan fingerprint density at radius 2 is 0.941 bits per heavy atom. The Bertz CT molecular complexity index is 4810. The van der Waals surface area contributed by atoms with Crippen LogP contribution in [0, 0.1) is 0 Å². The molecule has 0 N–H and O–H groups in total. The topological polar surface area (TPSA) is 11.4 Å². The molecule has 0 bridgehead atoms. The van der Waals surface area contributed by atoms with E-state index in [1.807, 2.05) is 11.3 Å². The van der Waals surface area contributed by atoms with Gasteiger partial charge in [0.15, 0.2) is 0 Å². The number of aromatic nitrogens is 1. The lowest BCUT2D eigenvalue weighted by Gasteiger charge is -2.46. The van der Waals surface area contributed by atoms with Gasteiger partial charge in [-0.25, -0.2) is 0 Å². The van der Waals surface area contributed by atoms with E-state index in [4.69, 9.17) is 0 Å². The van der Waals surface area contributed by atoms with Gasteiger partial charge < -0.3 is 14.4 Å². The molecule has 2 aliphatic rings. The number of unbranched alkanes of at least 4 members (excludes halogenated alkanes) is 1. The third-order valence-corrected chi connectivity index (χ3v) is 19.3.